The van der Waals surface area contributed by atoms with Crippen molar-refractivity contribution in [1.82, 2.24) is 15.1 Å². The lowest BCUT2D eigenvalue weighted by atomic mass is 9.92. The molecule has 0 N–H and O–H groups in total. The number of aryl methyl sites for hydroxylation is 1. The van der Waals surface area contributed by atoms with Crippen LogP contribution in [0.3, 0.4) is 0 Å². The normalized spacial score (nSPS) is 22.4. The molecule has 24 heavy (non-hydrogen) atoms. The van der Waals surface area contributed by atoms with E-state index in [2.05, 4.69) is 22.3 Å². The fourth-order valence-electron chi connectivity index (χ4n) is 3.34. The summed E-state index contributed by atoms with van der Waals surface area (Å²) in [6, 6.07) is 10.1. The smallest absolute Gasteiger partial charge is 0.246 e. The predicted molar refractivity (Wildman–Crippen MR) is 86.2 cm³/mol. The Morgan fingerprint density at radius 2 is 2.04 bits per heavy atom. The van der Waals surface area contributed by atoms with Crippen molar-refractivity contribution < 1.29 is 13.9 Å². The number of benzene rings is 1. The van der Waals surface area contributed by atoms with Gasteiger partial charge in [0.1, 0.15) is 0 Å². The van der Waals surface area contributed by atoms with Crippen LogP contribution in [0.2, 0.25) is 0 Å². The van der Waals surface area contributed by atoms with E-state index in [0.717, 1.165) is 18.4 Å². The van der Waals surface area contributed by atoms with Gasteiger partial charge in [-0.3, -0.25) is 4.79 Å². The number of carbonyl (C=O) groups is 1. The highest BCUT2D eigenvalue weighted by Crippen LogP contribution is 2.44. The van der Waals surface area contributed by atoms with Crippen LogP contribution < -0.4 is 0 Å². The highest BCUT2D eigenvalue weighted by Gasteiger charge is 2.41. The minimum Gasteiger partial charge on any atom is -0.423 e. The molecule has 0 unspecified atom stereocenters. The lowest BCUT2D eigenvalue weighted by Gasteiger charge is -2.34. The summed E-state index contributed by atoms with van der Waals surface area (Å²) >= 11 is 0. The fraction of sp³-hybridized carbons (Fsp3) is 0.500. The molecule has 0 bridgehead atoms. The second-order valence-corrected chi connectivity index (χ2v) is 6.53. The largest absolute Gasteiger partial charge is 0.423 e. The molecule has 1 amide bonds. The SMILES string of the molecule is Cc1nnc([C@H]2CN(C(=O)[C@H](c3ccccc3)C3CC3)CCO2)o1. The first kappa shape index (κ1) is 15.3. The summed E-state index contributed by atoms with van der Waals surface area (Å²) in [6.07, 6.45) is 1.92. The van der Waals surface area contributed by atoms with Gasteiger partial charge < -0.3 is 14.1 Å². The van der Waals surface area contributed by atoms with Gasteiger partial charge in [0.15, 0.2) is 6.10 Å². The van der Waals surface area contributed by atoms with Crippen molar-refractivity contribution in [2.45, 2.75) is 31.8 Å². The van der Waals surface area contributed by atoms with Crippen LogP contribution in [0.15, 0.2) is 34.7 Å². The van der Waals surface area contributed by atoms with E-state index in [1.807, 2.05) is 23.1 Å². The number of hydrogen-bond donors (Lipinski definition) is 0. The summed E-state index contributed by atoms with van der Waals surface area (Å²) in [7, 11) is 0. The fourth-order valence-corrected chi connectivity index (χ4v) is 3.34. The van der Waals surface area contributed by atoms with Gasteiger partial charge in [-0.2, -0.15) is 0 Å². The average Bonchev–Trinajstić information content (AvgIpc) is 3.35. The van der Waals surface area contributed by atoms with E-state index >= 15 is 0 Å². The second kappa shape index (κ2) is 6.36. The van der Waals surface area contributed by atoms with Crippen LogP contribution in [0.4, 0.5) is 0 Å². The maximum absolute atomic E-state index is 13.2. The van der Waals surface area contributed by atoms with Gasteiger partial charge in [-0.05, 0) is 24.3 Å². The second-order valence-electron chi connectivity index (χ2n) is 6.53. The van der Waals surface area contributed by atoms with Crippen LogP contribution in [0.1, 0.15) is 42.2 Å². The standard InChI is InChI=1S/C18H21N3O3/c1-12-19-20-17(24-12)15-11-21(9-10-23-15)18(22)16(14-7-8-14)13-5-3-2-4-6-13/h2-6,14-16H,7-11H2,1H3/t15-,16-/m1/s1. The molecule has 6 nitrogen and oxygen atoms in total. The molecule has 2 heterocycles. The van der Waals surface area contributed by atoms with Crippen LogP contribution >= 0.6 is 0 Å². The lowest BCUT2D eigenvalue weighted by molar-refractivity contribution is -0.142. The summed E-state index contributed by atoms with van der Waals surface area (Å²) in [5, 5.41) is 7.89. The number of aromatic nitrogens is 2. The van der Waals surface area contributed by atoms with Gasteiger partial charge in [0, 0.05) is 13.5 Å². The van der Waals surface area contributed by atoms with E-state index < -0.39 is 0 Å². The molecule has 1 saturated carbocycles. The number of carbonyl (C=O) groups excluding carboxylic acids is 1. The number of morpholine rings is 1. The Balaban J connectivity index is 1.52. The molecule has 2 aliphatic rings. The van der Waals surface area contributed by atoms with Crippen molar-refractivity contribution in [3.8, 4) is 0 Å². The Morgan fingerprint density at radius 1 is 1.25 bits per heavy atom. The highest BCUT2D eigenvalue weighted by molar-refractivity contribution is 5.84. The molecule has 0 spiro atoms. The maximum Gasteiger partial charge on any atom is 0.246 e. The molecule has 1 aromatic carbocycles. The minimum atomic E-state index is -0.334. The molecular weight excluding hydrogens is 306 g/mol. The van der Waals surface area contributed by atoms with E-state index in [0.29, 0.717) is 37.4 Å². The molecule has 1 aliphatic carbocycles. The van der Waals surface area contributed by atoms with Crippen LogP contribution in [-0.4, -0.2) is 40.7 Å². The summed E-state index contributed by atoms with van der Waals surface area (Å²) in [5.74, 6) is 1.57. The zero-order chi connectivity index (χ0) is 16.5. The zero-order valence-corrected chi connectivity index (χ0v) is 13.7. The Labute approximate surface area is 140 Å². The number of hydrogen-bond acceptors (Lipinski definition) is 5. The van der Waals surface area contributed by atoms with Crippen molar-refractivity contribution in [1.29, 1.82) is 0 Å². The molecule has 126 valence electrons. The van der Waals surface area contributed by atoms with E-state index in [-0.39, 0.29) is 17.9 Å². The third-order valence-electron chi connectivity index (χ3n) is 4.71. The van der Waals surface area contributed by atoms with Crippen molar-refractivity contribution in [2.24, 2.45) is 5.92 Å². The van der Waals surface area contributed by atoms with Crippen molar-refractivity contribution in [2.75, 3.05) is 19.7 Å². The van der Waals surface area contributed by atoms with Crippen LogP contribution in [-0.2, 0) is 9.53 Å². The highest BCUT2D eigenvalue weighted by atomic mass is 16.5. The molecule has 1 aromatic heterocycles. The monoisotopic (exact) mass is 327 g/mol. The average molecular weight is 327 g/mol. The molecule has 2 fully saturated rings. The first-order chi connectivity index (χ1) is 11.7. The Bertz CT molecular complexity index is 711. The Kier molecular flexibility index (Phi) is 4.06. The van der Waals surface area contributed by atoms with Crippen molar-refractivity contribution >= 4 is 5.91 Å². The van der Waals surface area contributed by atoms with Gasteiger partial charge in [0.25, 0.3) is 0 Å². The Hall–Kier alpha value is -2.21. The van der Waals surface area contributed by atoms with E-state index in [1.54, 1.807) is 6.92 Å². The molecule has 4 rings (SSSR count). The van der Waals surface area contributed by atoms with E-state index in [1.165, 1.54) is 0 Å². The van der Waals surface area contributed by atoms with Gasteiger partial charge in [-0.15, -0.1) is 10.2 Å². The molecule has 2 atom stereocenters. The molecule has 1 saturated heterocycles. The van der Waals surface area contributed by atoms with Gasteiger partial charge in [0.05, 0.1) is 19.1 Å². The van der Waals surface area contributed by atoms with Gasteiger partial charge >= 0.3 is 0 Å². The Morgan fingerprint density at radius 3 is 2.71 bits per heavy atom. The predicted octanol–water partition coefficient (Wildman–Crippen LogP) is 2.47. The van der Waals surface area contributed by atoms with Gasteiger partial charge in [-0.25, -0.2) is 0 Å². The number of ether oxygens (including phenoxy) is 1. The zero-order valence-electron chi connectivity index (χ0n) is 13.7. The third-order valence-corrected chi connectivity index (χ3v) is 4.71. The maximum atomic E-state index is 13.2. The third kappa shape index (κ3) is 3.06. The van der Waals surface area contributed by atoms with Gasteiger partial charge in [0.2, 0.25) is 17.7 Å². The van der Waals surface area contributed by atoms with Gasteiger partial charge in [-0.1, -0.05) is 30.3 Å². The summed E-state index contributed by atoms with van der Waals surface area (Å²) in [5.41, 5.74) is 1.11. The van der Waals surface area contributed by atoms with Crippen LogP contribution in [0, 0.1) is 12.8 Å². The number of nitrogens with zero attached hydrogens (tertiary/aromatic N) is 3. The topological polar surface area (TPSA) is 68.5 Å². The number of rotatable bonds is 4. The van der Waals surface area contributed by atoms with Crippen LogP contribution in [0.5, 0.6) is 0 Å². The molecule has 2 aromatic rings. The van der Waals surface area contributed by atoms with E-state index in [4.69, 9.17) is 9.15 Å². The van der Waals surface area contributed by atoms with Crippen molar-refractivity contribution in [3.05, 3.63) is 47.7 Å². The summed E-state index contributed by atoms with van der Waals surface area (Å²) < 4.78 is 11.2. The minimum absolute atomic E-state index is 0.0469. The number of amides is 1. The first-order valence-corrected chi connectivity index (χ1v) is 8.47. The first-order valence-electron chi connectivity index (χ1n) is 8.47. The quantitative estimate of drug-likeness (QED) is 0.863. The molecule has 6 heteroatoms. The summed E-state index contributed by atoms with van der Waals surface area (Å²) in [4.78, 5) is 15.1. The summed E-state index contributed by atoms with van der Waals surface area (Å²) in [6.45, 7) is 3.32. The van der Waals surface area contributed by atoms with Crippen LogP contribution in [0.25, 0.3) is 0 Å². The molecular formula is C18H21N3O3. The molecule has 1 aliphatic heterocycles. The van der Waals surface area contributed by atoms with Crippen molar-refractivity contribution in [3.63, 3.8) is 0 Å². The van der Waals surface area contributed by atoms with E-state index in [9.17, 15) is 4.79 Å². The molecule has 0 radical (unpaired) electrons. The lowest BCUT2D eigenvalue weighted by Crippen LogP contribution is -2.44.